The van der Waals surface area contributed by atoms with Gasteiger partial charge in [0.25, 0.3) is 5.91 Å². The van der Waals surface area contributed by atoms with Gasteiger partial charge in [-0.1, -0.05) is 48.5 Å². The minimum Gasteiger partial charge on any atom is -0.348 e. The summed E-state index contributed by atoms with van der Waals surface area (Å²) in [5.74, 6) is -0.0721. The molecule has 4 aromatic rings. The summed E-state index contributed by atoms with van der Waals surface area (Å²) in [7, 11) is 0. The molecule has 0 aliphatic rings. The average molecular weight is 372 g/mol. The third-order valence-electron chi connectivity index (χ3n) is 4.70. The molecule has 2 heterocycles. The normalized spacial score (nSPS) is 10.9. The Morgan fingerprint density at radius 2 is 1.89 bits per heavy atom. The number of carbonyl (C=O) groups excluding carboxylic acids is 1. The first-order valence-electron chi connectivity index (χ1n) is 8.90. The number of rotatable bonds is 4. The van der Waals surface area contributed by atoms with Gasteiger partial charge < -0.3 is 5.32 Å². The molecule has 4 heteroatoms. The maximum atomic E-state index is 13.0. The van der Waals surface area contributed by atoms with E-state index in [-0.39, 0.29) is 5.91 Å². The number of amides is 1. The van der Waals surface area contributed by atoms with Gasteiger partial charge in [0.05, 0.1) is 11.1 Å². The largest absolute Gasteiger partial charge is 0.348 e. The van der Waals surface area contributed by atoms with Crippen LogP contribution < -0.4 is 5.32 Å². The first-order valence-corrected chi connectivity index (χ1v) is 9.78. The van der Waals surface area contributed by atoms with Crippen molar-refractivity contribution in [1.29, 1.82) is 0 Å². The quantitative estimate of drug-likeness (QED) is 0.513. The van der Waals surface area contributed by atoms with Gasteiger partial charge in [0.2, 0.25) is 0 Å². The van der Waals surface area contributed by atoms with Gasteiger partial charge in [0.1, 0.15) is 0 Å². The van der Waals surface area contributed by atoms with Gasteiger partial charge >= 0.3 is 0 Å². The highest BCUT2D eigenvalue weighted by Gasteiger charge is 2.15. The van der Waals surface area contributed by atoms with E-state index >= 15 is 0 Å². The van der Waals surface area contributed by atoms with E-state index in [0.717, 1.165) is 32.6 Å². The van der Waals surface area contributed by atoms with Gasteiger partial charge in [-0.25, -0.2) is 0 Å². The van der Waals surface area contributed by atoms with Crippen LogP contribution in [0.1, 0.15) is 27.2 Å². The Morgan fingerprint density at radius 1 is 1.04 bits per heavy atom. The van der Waals surface area contributed by atoms with E-state index in [4.69, 9.17) is 4.98 Å². The van der Waals surface area contributed by atoms with Crippen molar-refractivity contribution in [1.82, 2.24) is 10.3 Å². The highest BCUT2D eigenvalue weighted by Crippen LogP contribution is 2.32. The standard InChI is InChI=1S/C23H20N2OS/c1-15-7-3-4-8-17(15)14-24-23(26)20-13-16(2)25-22-18(20)9-5-10-19(22)21-11-6-12-27-21/h3-13H,14H2,1-2H3,(H,24,26). The molecule has 4 rings (SSSR count). The second-order valence-electron chi connectivity index (χ2n) is 6.60. The average Bonchev–Trinajstić information content (AvgIpc) is 3.20. The lowest BCUT2D eigenvalue weighted by Crippen LogP contribution is -2.23. The lowest BCUT2D eigenvalue weighted by atomic mass is 10.0. The number of aromatic nitrogens is 1. The maximum Gasteiger partial charge on any atom is 0.252 e. The van der Waals surface area contributed by atoms with Crippen molar-refractivity contribution in [2.75, 3.05) is 0 Å². The second-order valence-corrected chi connectivity index (χ2v) is 7.55. The Balaban J connectivity index is 1.72. The molecule has 0 bridgehead atoms. The number of nitrogens with zero attached hydrogens (tertiary/aromatic N) is 1. The smallest absolute Gasteiger partial charge is 0.252 e. The van der Waals surface area contributed by atoms with Crippen LogP contribution in [0, 0.1) is 13.8 Å². The molecule has 0 atom stereocenters. The zero-order chi connectivity index (χ0) is 18.8. The zero-order valence-electron chi connectivity index (χ0n) is 15.3. The first-order chi connectivity index (χ1) is 13.1. The zero-order valence-corrected chi connectivity index (χ0v) is 16.1. The number of carbonyl (C=O) groups is 1. The van der Waals surface area contributed by atoms with Crippen LogP contribution in [0.3, 0.4) is 0 Å². The van der Waals surface area contributed by atoms with E-state index in [1.165, 1.54) is 5.56 Å². The summed E-state index contributed by atoms with van der Waals surface area (Å²) >= 11 is 1.68. The summed E-state index contributed by atoms with van der Waals surface area (Å²) in [6, 6.07) is 20.1. The number of pyridine rings is 1. The summed E-state index contributed by atoms with van der Waals surface area (Å²) in [6.45, 7) is 4.50. The second kappa shape index (κ2) is 7.33. The predicted octanol–water partition coefficient (Wildman–Crippen LogP) is 5.51. The third kappa shape index (κ3) is 3.49. The van der Waals surface area contributed by atoms with Crippen LogP contribution in [0.5, 0.6) is 0 Å². The van der Waals surface area contributed by atoms with Gasteiger partial charge in [-0.05, 0) is 42.5 Å². The van der Waals surface area contributed by atoms with Crippen molar-refractivity contribution in [3.63, 3.8) is 0 Å². The van der Waals surface area contributed by atoms with Crippen LogP contribution in [0.25, 0.3) is 21.3 Å². The first kappa shape index (κ1) is 17.4. The molecule has 1 amide bonds. The van der Waals surface area contributed by atoms with Crippen LogP contribution in [0.15, 0.2) is 66.0 Å². The minimum atomic E-state index is -0.0721. The SMILES string of the molecule is Cc1cc(C(=O)NCc2ccccc2C)c2cccc(-c3cccs3)c2n1. The molecule has 0 saturated heterocycles. The highest BCUT2D eigenvalue weighted by atomic mass is 32.1. The molecule has 0 spiro atoms. The van der Waals surface area contributed by atoms with Crippen molar-refractivity contribution in [2.45, 2.75) is 20.4 Å². The third-order valence-corrected chi connectivity index (χ3v) is 5.60. The summed E-state index contributed by atoms with van der Waals surface area (Å²) in [5.41, 5.74) is 5.76. The molecule has 2 aromatic carbocycles. The molecular formula is C23H20N2OS. The number of benzene rings is 2. The Hall–Kier alpha value is -2.98. The Morgan fingerprint density at radius 3 is 2.67 bits per heavy atom. The van der Waals surface area contributed by atoms with Crippen LogP contribution in [-0.4, -0.2) is 10.9 Å². The van der Waals surface area contributed by atoms with E-state index < -0.39 is 0 Å². The number of aryl methyl sites for hydroxylation is 2. The van der Waals surface area contributed by atoms with Gasteiger partial charge in [-0.2, -0.15) is 0 Å². The van der Waals surface area contributed by atoms with Crippen molar-refractivity contribution >= 4 is 28.1 Å². The van der Waals surface area contributed by atoms with Crippen LogP contribution >= 0.6 is 11.3 Å². The monoisotopic (exact) mass is 372 g/mol. The number of para-hydroxylation sites is 1. The molecule has 0 aliphatic heterocycles. The molecule has 0 radical (unpaired) electrons. The molecule has 134 valence electrons. The summed E-state index contributed by atoms with van der Waals surface area (Å²) in [4.78, 5) is 18.8. The minimum absolute atomic E-state index is 0.0721. The number of fused-ring (bicyclic) bond motifs is 1. The van der Waals surface area contributed by atoms with Crippen molar-refractivity contribution in [3.05, 3.63) is 88.4 Å². The molecule has 0 unspecified atom stereocenters. The molecule has 2 aromatic heterocycles. The molecular weight excluding hydrogens is 352 g/mol. The molecule has 0 fully saturated rings. The van der Waals surface area contributed by atoms with E-state index in [9.17, 15) is 4.79 Å². The predicted molar refractivity (Wildman–Crippen MR) is 112 cm³/mol. The number of nitrogens with one attached hydrogen (secondary N) is 1. The molecule has 0 saturated carbocycles. The molecule has 3 nitrogen and oxygen atoms in total. The van der Waals surface area contributed by atoms with Crippen LogP contribution in [0.2, 0.25) is 0 Å². The Kier molecular flexibility index (Phi) is 4.73. The molecule has 0 aliphatic carbocycles. The van der Waals surface area contributed by atoms with E-state index in [2.05, 4.69) is 35.8 Å². The molecule has 1 N–H and O–H groups in total. The van der Waals surface area contributed by atoms with Crippen LogP contribution in [0.4, 0.5) is 0 Å². The van der Waals surface area contributed by atoms with Gasteiger partial charge in [0.15, 0.2) is 0 Å². The van der Waals surface area contributed by atoms with E-state index in [0.29, 0.717) is 12.1 Å². The van der Waals surface area contributed by atoms with Gasteiger partial charge in [-0.3, -0.25) is 9.78 Å². The fourth-order valence-corrected chi connectivity index (χ4v) is 4.03. The lowest BCUT2D eigenvalue weighted by molar-refractivity contribution is 0.0952. The Bertz CT molecular complexity index is 1120. The van der Waals surface area contributed by atoms with E-state index in [1.807, 2.05) is 49.4 Å². The number of hydrogen-bond donors (Lipinski definition) is 1. The van der Waals surface area contributed by atoms with Crippen molar-refractivity contribution in [2.24, 2.45) is 0 Å². The molecule has 27 heavy (non-hydrogen) atoms. The van der Waals surface area contributed by atoms with Crippen molar-refractivity contribution in [3.8, 4) is 10.4 Å². The summed E-state index contributed by atoms with van der Waals surface area (Å²) in [6.07, 6.45) is 0. The number of thiophene rings is 1. The Labute approximate surface area is 162 Å². The summed E-state index contributed by atoms with van der Waals surface area (Å²) in [5, 5.41) is 6.00. The highest BCUT2D eigenvalue weighted by molar-refractivity contribution is 7.13. The number of hydrogen-bond acceptors (Lipinski definition) is 3. The van der Waals surface area contributed by atoms with Crippen LogP contribution in [-0.2, 0) is 6.54 Å². The fourth-order valence-electron chi connectivity index (χ4n) is 3.27. The van der Waals surface area contributed by atoms with Gasteiger partial charge in [0, 0.05) is 28.1 Å². The fraction of sp³-hybridized carbons (Fsp3) is 0.130. The van der Waals surface area contributed by atoms with E-state index in [1.54, 1.807) is 11.3 Å². The lowest BCUT2D eigenvalue weighted by Gasteiger charge is -2.12. The van der Waals surface area contributed by atoms with Gasteiger partial charge in [-0.15, -0.1) is 11.3 Å². The topological polar surface area (TPSA) is 42.0 Å². The van der Waals surface area contributed by atoms with Crippen molar-refractivity contribution < 1.29 is 4.79 Å². The summed E-state index contributed by atoms with van der Waals surface area (Å²) < 4.78 is 0. The maximum absolute atomic E-state index is 13.0.